The number of nitro groups is 1. The van der Waals surface area contributed by atoms with Crippen LogP contribution in [0.2, 0.25) is 0 Å². The van der Waals surface area contributed by atoms with Crippen molar-refractivity contribution in [2.45, 2.75) is 26.7 Å². The Balaban J connectivity index is 2.17. The molecule has 1 aromatic carbocycles. The van der Waals surface area contributed by atoms with Gasteiger partial charge in [-0.3, -0.25) is 15.1 Å². The Morgan fingerprint density at radius 2 is 1.75 bits per heavy atom. The first kappa shape index (κ1) is 23.6. The SMILES string of the molecule is CCCCOCCOCCN=C(NCC)NCCNc1ccc([N+](=O)[O-])cc1. The lowest BCUT2D eigenvalue weighted by Crippen LogP contribution is -2.39. The zero-order valence-corrected chi connectivity index (χ0v) is 16.9. The van der Waals surface area contributed by atoms with E-state index in [2.05, 4.69) is 27.9 Å². The minimum absolute atomic E-state index is 0.0833. The molecule has 0 unspecified atom stereocenters. The van der Waals surface area contributed by atoms with Gasteiger partial charge in [-0.15, -0.1) is 0 Å². The first-order valence-electron chi connectivity index (χ1n) is 9.83. The molecule has 158 valence electrons. The van der Waals surface area contributed by atoms with Crippen LogP contribution in [0, 0.1) is 10.1 Å². The van der Waals surface area contributed by atoms with Crippen molar-refractivity contribution in [3.05, 3.63) is 34.4 Å². The number of nitrogens with one attached hydrogen (secondary N) is 3. The standard InChI is InChI=1S/C19H33N5O4/c1-3-5-13-27-15-16-28-14-12-23-19(20-4-2)22-11-10-21-17-6-8-18(9-7-17)24(25)26/h6-9,21H,3-5,10-16H2,1-2H3,(H2,20,22,23). The van der Waals surface area contributed by atoms with Crippen molar-refractivity contribution in [2.75, 3.05) is 57.9 Å². The normalized spacial score (nSPS) is 11.3. The molecule has 0 aliphatic carbocycles. The molecule has 0 saturated heterocycles. The van der Waals surface area contributed by atoms with E-state index in [9.17, 15) is 10.1 Å². The number of unbranched alkanes of at least 4 members (excludes halogenated alkanes) is 1. The van der Waals surface area contributed by atoms with Crippen LogP contribution in [-0.2, 0) is 9.47 Å². The molecule has 28 heavy (non-hydrogen) atoms. The number of guanidine groups is 1. The summed E-state index contributed by atoms with van der Waals surface area (Å²) in [5.41, 5.74) is 0.920. The molecule has 0 aromatic heterocycles. The lowest BCUT2D eigenvalue weighted by molar-refractivity contribution is -0.384. The van der Waals surface area contributed by atoms with Gasteiger partial charge in [0.1, 0.15) is 0 Å². The largest absolute Gasteiger partial charge is 0.383 e. The van der Waals surface area contributed by atoms with Gasteiger partial charge in [0.15, 0.2) is 5.96 Å². The number of hydrogen-bond donors (Lipinski definition) is 3. The molecule has 0 amide bonds. The molecule has 0 heterocycles. The third kappa shape index (κ3) is 11.3. The molecule has 0 spiro atoms. The first-order chi connectivity index (χ1) is 13.7. The molecule has 9 heteroatoms. The van der Waals surface area contributed by atoms with Gasteiger partial charge in [-0.1, -0.05) is 13.3 Å². The summed E-state index contributed by atoms with van der Waals surface area (Å²) in [5, 5.41) is 20.3. The van der Waals surface area contributed by atoms with Crippen LogP contribution in [0.4, 0.5) is 11.4 Å². The summed E-state index contributed by atoms with van der Waals surface area (Å²) in [6.07, 6.45) is 2.22. The fraction of sp³-hybridized carbons (Fsp3) is 0.632. The highest BCUT2D eigenvalue weighted by molar-refractivity contribution is 5.79. The highest BCUT2D eigenvalue weighted by Crippen LogP contribution is 2.14. The molecular formula is C19H33N5O4. The Morgan fingerprint density at radius 3 is 2.39 bits per heavy atom. The van der Waals surface area contributed by atoms with Gasteiger partial charge in [0.2, 0.25) is 0 Å². The molecule has 0 fully saturated rings. The Bertz CT molecular complexity index is 566. The highest BCUT2D eigenvalue weighted by atomic mass is 16.6. The number of hydrogen-bond acceptors (Lipinski definition) is 6. The van der Waals surface area contributed by atoms with Gasteiger partial charge in [-0.2, -0.15) is 0 Å². The summed E-state index contributed by atoms with van der Waals surface area (Å²) in [6, 6.07) is 6.35. The maximum Gasteiger partial charge on any atom is 0.269 e. The van der Waals surface area contributed by atoms with E-state index in [0.717, 1.165) is 37.6 Å². The molecule has 0 atom stereocenters. The van der Waals surface area contributed by atoms with Crippen molar-refractivity contribution in [1.82, 2.24) is 10.6 Å². The van der Waals surface area contributed by atoms with Crippen LogP contribution >= 0.6 is 0 Å². The first-order valence-corrected chi connectivity index (χ1v) is 9.83. The van der Waals surface area contributed by atoms with Crippen LogP contribution in [0.15, 0.2) is 29.3 Å². The quantitative estimate of drug-likeness (QED) is 0.137. The summed E-state index contributed by atoms with van der Waals surface area (Å²) < 4.78 is 10.9. The Hall–Kier alpha value is -2.39. The van der Waals surface area contributed by atoms with E-state index in [0.29, 0.717) is 39.5 Å². The van der Waals surface area contributed by atoms with Crippen LogP contribution in [0.1, 0.15) is 26.7 Å². The number of nitrogens with zero attached hydrogens (tertiary/aromatic N) is 2. The molecule has 3 N–H and O–H groups in total. The number of ether oxygens (including phenoxy) is 2. The molecule has 9 nitrogen and oxygen atoms in total. The summed E-state index contributed by atoms with van der Waals surface area (Å²) in [6.45, 7) is 9.36. The molecule has 0 radical (unpaired) electrons. The third-order valence-corrected chi connectivity index (χ3v) is 3.69. The summed E-state index contributed by atoms with van der Waals surface area (Å²) in [7, 11) is 0. The topological polar surface area (TPSA) is 110 Å². The van der Waals surface area contributed by atoms with Crippen LogP contribution in [0.5, 0.6) is 0 Å². The fourth-order valence-electron chi connectivity index (χ4n) is 2.22. The van der Waals surface area contributed by atoms with Crippen LogP contribution in [0.3, 0.4) is 0 Å². The molecular weight excluding hydrogens is 362 g/mol. The van der Waals surface area contributed by atoms with Crippen molar-refractivity contribution in [3.8, 4) is 0 Å². The predicted molar refractivity (Wildman–Crippen MR) is 112 cm³/mol. The second-order valence-electron chi connectivity index (χ2n) is 6.00. The van der Waals surface area contributed by atoms with Gasteiger partial charge >= 0.3 is 0 Å². The van der Waals surface area contributed by atoms with Crippen molar-refractivity contribution < 1.29 is 14.4 Å². The molecule has 1 rings (SSSR count). The number of benzene rings is 1. The van der Waals surface area contributed by atoms with E-state index in [1.165, 1.54) is 12.1 Å². The van der Waals surface area contributed by atoms with Gasteiger partial charge < -0.3 is 25.4 Å². The van der Waals surface area contributed by atoms with Crippen molar-refractivity contribution >= 4 is 17.3 Å². The van der Waals surface area contributed by atoms with Crippen LogP contribution in [0.25, 0.3) is 0 Å². The average Bonchev–Trinajstić information content (AvgIpc) is 2.70. The Morgan fingerprint density at radius 1 is 1.04 bits per heavy atom. The van der Waals surface area contributed by atoms with Gasteiger partial charge in [-0.25, -0.2) is 0 Å². The number of anilines is 1. The van der Waals surface area contributed by atoms with Crippen LogP contribution < -0.4 is 16.0 Å². The molecule has 0 aliphatic heterocycles. The Labute approximate surface area is 167 Å². The summed E-state index contributed by atoms with van der Waals surface area (Å²) in [5.74, 6) is 0.732. The number of rotatable bonds is 15. The monoisotopic (exact) mass is 395 g/mol. The van der Waals surface area contributed by atoms with Gasteiger partial charge in [0, 0.05) is 44.1 Å². The lowest BCUT2D eigenvalue weighted by atomic mass is 10.3. The molecule has 0 saturated carbocycles. The zero-order chi connectivity index (χ0) is 20.5. The zero-order valence-electron chi connectivity index (χ0n) is 16.9. The smallest absolute Gasteiger partial charge is 0.269 e. The van der Waals surface area contributed by atoms with Gasteiger partial charge in [0.05, 0.1) is 31.3 Å². The minimum Gasteiger partial charge on any atom is -0.383 e. The number of non-ortho nitro benzene ring substituents is 1. The van der Waals surface area contributed by atoms with Gasteiger partial charge in [0.25, 0.3) is 5.69 Å². The molecule has 0 aliphatic rings. The average molecular weight is 396 g/mol. The maximum atomic E-state index is 10.6. The lowest BCUT2D eigenvalue weighted by Gasteiger charge is -2.12. The molecule has 1 aromatic rings. The maximum absolute atomic E-state index is 10.6. The van der Waals surface area contributed by atoms with E-state index >= 15 is 0 Å². The third-order valence-electron chi connectivity index (χ3n) is 3.69. The van der Waals surface area contributed by atoms with Crippen LogP contribution in [-0.4, -0.2) is 63.5 Å². The van der Waals surface area contributed by atoms with Crippen molar-refractivity contribution in [1.29, 1.82) is 0 Å². The van der Waals surface area contributed by atoms with Crippen molar-refractivity contribution in [3.63, 3.8) is 0 Å². The Kier molecular flexibility index (Phi) is 13.2. The van der Waals surface area contributed by atoms with Gasteiger partial charge in [-0.05, 0) is 25.5 Å². The van der Waals surface area contributed by atoms with Crippen molar-refractivity contribution in [2.24, 2.45) is 4.99 Å². The van der Waals surface area contributed by atoms with E-state index in [1.54, 1.807) is 12.1 Å². The number of aliphatic imine (C=N–C) groups is 1. The fourth-order valence-corrected chi connectivity index (χ4v) is 2.22. The summed E-state index contributed by atoms with van der Waals surface area (Å²) in [4.78, 5) is 14.7. The summed E-state index contributed by atoms with van der Waals surface area (Å²) >= 11 is 0. The predicted octanol–water partition coefficient (Wildman–Crippen LogP) is 2.40. The second-order valence-corrected chi connectivity index (χ2v) is 6.00. The van der Waals surface area contributed by atoms with E-state index in [4.69, 9.17) is 9.47 Å². The minimum atomic E-state index is -0.409. The highest BCUT2D eigenvalue weighted by Gasteiger charge is 2.03. The van der Waals surface area contributed by atoms with E-state index in [-0.39, 0.29) is 5.69 Å². The second kappa shape index (κ2) is 15.6. The van der Waals surface area contributed by atoms with E-state index in [1.807, 2.05) is 6.92 Å². The molecule has 0 bridgehead atoms. The van der Waals surface area contributed by atoms with E-state index < -0.39 is 4.92 Å². The number of nitro benzene ring substituents is 1.